The van der Waals surface area contributed by atoms with Crippen LogP contribution in [0.1, 0.15) is 12.0 Å². The van der Waals surface area contributed by atoms with Gasteiger partial charge in [-0.15, -0.1) is 0 Å². The second-order valence-electron chi connectivity index (χ2n) is 5.57. The smallest absolute Gasteiger partial charge is 0.227 e. The molecule has 1 amide bonds. The molecule has 5 nitrogen and oxygen atoms in total. The molecule has 1 aromatic rings. The molecule has 0 aliphatic carbocycles. The fraction of sp³-hybridized carbons (Fsp3) is 0.571. The third kappa shape index (κ3) is 3.75. The van der Waals surface area contributed by atoms with Gasteiger partial charge in [0.1, 0.15) is 0 Å². The first kappa shape index (κ1) is 14.0. The summed E-state index contributed by atoms with van der Waals surface area (Å²) in [6.07, 6.45) is 4.40. The molecule has 2 rings (SSSR count). The molecule has 1 aliphatic rings. The van der Waals surface area contributed by atoms with Crippen LogP contribution in [0.25, 0.3) is 0 Å². The summed E-state index contributed by atoms with van der Waals surface area (Å²) in [5.41, 5.74) is 0.143. The second-order valence-corrected chi connectivity index (χ2v) is 5.57. The minimum atomic E-state index is -0.770. The maximum atomic E-state index is 12.2. The number of hydrogen-bond acceptors (Lipinski definition) is 4. The van der Waals surface area contributed by atoms with E-state index in [2.05, 4.69) is 4.98 Å². The lowest BCUT2D eigenvalue weighted by Crippen LogP contribution is -2.43. The van der Waals surface area contributed by atoms with Crippen molar-refractivity contribution in [3.8, 4) is 0 Å². The third-order valence-electron chi connectivity index (χ3n) is 3.37. The van der Waals surface area contributed by atoms with Crippen LogP contribution in [0.3, 0.4) is 0 Å². The Morgan fingerprint density at radius 1 is 1.58 bits per heavy atom. The molecule has 19 heavy (non-hydrogen) atoms. The van der Waals surface area contributed by atoms with Crippen LogP contribution in [0.15, 0.2) is 24.5 Å². The molecule has 0 saturated carbocycles. The van der Waals surface area contributed by atoms with Crippen LogP contribution in [0.5, 0.6) is 0 Å². The van der Waals surface area contributed by atoms with Gasteiger partial charge in [-0.05, 0) is 32.1 Å². The van der Waals surface area contributed by atoms with Crippen LogP contribution in [0.2, 0.25) is 0 Å². The second kappa shape index (κ2) is 5.67. The highest BCUT2D eigenvalue weighted by molar-refractivity contribution is 5.79. The topological polar surface area (TPSA) is 56.7 Å². The molecular formula is C14H21N3O2. The molecule has 5 heteroatoms. The highest BCUT2D eigenvalue weighted by Crippen LogP contribution is 2.22. The van der Waals surface area contributed by atoms with E-state index in [0.717, 1.165) is 5.56 Å². The van der Waals surface area contributed by atoms with E-state index in [0.29, 0.717) is 32.5 Å². The van der Waals surface area contributed by atoms with Crippen molar-refractivity contribution < 1.29 is 9.90 Å². The highest BCUT2D eigenvalue weighted by Gasteiger charge is 2.38. The molecule has 1 saturated heterocycles. The van der Waals surface area contributed by atoms with Gasteiger partial charge in [0.2, 0.25) is 5.91 Å². The number of carbonyl (C=O) groups is 1. The summed E-state index contributed by atoms with van der Waals surface area (Å²) >= 11 is 0. The van der Waals surface area contributed by atoms with E-state index < -0.39 is 5.60 Å². The predicted molar refractivity (Wildman–Crippen MR) is 72.6 cm³/mol. The molecule has 0 bridgehead atoms. The number of likely N-dealkylation sites (tertiary alicyclic amines) is 1. The molecule has 0 unspecified atom stereocenters. The van der Waals surface area contributed by atoms with Gasteiger partial charge >= 0.3 is 0 Å². The molecule has 1 fully saturated rings. The molecular weight excluding hydrogens is 242 g/mol. The molecule has 0 aromatic carbocycles. The number of pyridine rings is 1. The molecule has 2 heterocycles. The van der Waals surface area contributed by atoms with E-state index in [4.69, 9.17) is 0 Å². The quantitative estimate of drug-likeness (QED) is 0.840. The number of rotatable bonds is 4. The van der Waals surface area contributed by atoms with Crippen LogP contribution in [0, 0.1) is 0 Å². The summed E-state index contributed by atoms with van der Waals surface area (Å²) in [5, 5.41) is 10.4. The fourth-order valence-corrected chi connectivity index (χ4v) is 2.58. The zero-order valence-corrected chi connectivity index (χ0v) is 11.5. The van der Waals surface area contributed by atoms with E-state index in [9.17, 15) is 9.90 Å². The number of likely N-dealkylation sites (N-methyl/N-ethyl adjacent to an activating group) is 1. The zero-order chi connectivity index (χ0) is 13.9. The number of aliphatic hydroxyl groups is 1. The Morgan fingerprint density at radius 3 is 3.00 bits per heavy atom. The minimum Gasteiger partial charge on any atom is -0.387 e. The standard InChI is InChI=1S/C14H21N3O2/c1-16(2)10-14(19)5-7-17(11-14)13(18)8-12-4-3-6-15-9-12/h3-4,6,9,19H,5,7-8,10-11H2,1-2H3/t14-/m0/s1. The summed E-state index contributed by atoms with van der Waals surface area (Å²) in [7, 11) is 3.86. The van der Waals surface area contributed by atoms with Crippen LogP contribution in [-0.2, 0) is 11.2 Å². The number of aromatic nitrogens is 1. The van der Waals surface area contributed by atoms with Crippen LogP contribution < -0.4 is 0 Å². The first-order chi connectivity index (χ1) is 8.98. The maximum Gasteiger partial charge on any atom is 0.227 e. The summed E-state index contributed by atoms with van der Waals surface area (Å²) in [6.45, 7) is 1.64. The number of carbonyl (C=O) groups excluding carboxylic acids is 1. The van der Waals surface area contributed by atoms with Crippen molar-refractivity contribution in [2.75, 3.05) is 33.7 Å². The van der Waals surface area contributed by atoms with Gasteiger partial charge in [-0.3, -0.25) is 9.78 Å². The third-order valence-corrected chi connectivity index (χ3v) is 3.37. The summed E-state index contributed by atoms with van der Waals surface area (Å²) in [6, 6.07) is 3.72. The number of amides is 1. The maximum absolute atomic E-state index is 12.2. The first-order valence-electron chi connectivity index (χ1n) is 6.52. The van der Waals surface area contributed by atoms with Crippen molar-refractivity contribution in [1.29, 1.82) is 0 Å². The SMILES string of the molecule is CN(C)C[C@@]1(O)CCN(C(=O)Cc2cccnc2)C1. The average Bonchev–Trinajstić information content (AvgIpc) is 2.72. The van der Waals surface area contributed by atoms with Gasteiger partial charge in [-0.1, -0.05) is 6.07 Å². The van der Waals surface area contributed by atoms with Crippen molar-refractivity contribution in [2.45, 2.75) is 18.4 Å². The minimum absolute atomic E-state index is 0.0580. The lowest BCUT2D eigenvalue weighted by atomic mass is 10.0. The van der Waals surface area contributed by atoms with E-state index in [-0.39, 0.29) is 5.91 Å². The molecule has 1 N–H and O–H groups in total. The van der Waals surface area contributed by atoms with E-state index in [1.165, 1.54) is 0 Å². The van der Waals surface area contributed by atoms with Crippen LogP contribution in [0.4, 0.5) is 0 Å². The van der Waals surface area contributed by atoms with Gasteiger partial charge in [-0.25, -0.2) is 0 Å². The van der Waals surface area contributed by atoms with E-state index in [1.807, 2.05) is 31.1 Å². The van der Waals surface area contributed by atoms with E-state index >= 15 is 0 Å². The van der Waals surface area contributed by atoms with Gasteiger partial charge in [0.15, 0.2) is 0 Å². The Hall–Kier alpha value is -1.46. The molecule has 0 radical (unpaired) electrons. The molecule has 104 valence electrons. The van der Waals surface area contributed by atoms with Gasteiger partial charge in [-0.2, -0.15) is 0 Å². The van der Waals surface area contributed by atoms with Crippen LogP contribution >= 0.6 is 0 Å². The molecule has 1 aromatic heterocycles. The first-order valence-corrected chi connectivity index (χ1v) is 6.52. The highest BCUT2D eigenvalue weighted by atomic mass is 16.3. The normalized spacial score (nSPS) is 23.1. The Bertz CT molecular complexity index is 436. The number of hydrogen-bond donors (Lipinski definition) is 1. The van der Waals surface area contributed by atoms with Crippen molar-refractivity contribution in [3.63, 3.8) is 0 Å². The lowest BCUT2D eigenvalue weighted by molar-refractivity contribution is -0.130. The van der Waals surface area contributed by atoms with Crippen molar-refractivity contribution in [3.05, 3.63) is 30.1 Å². The fourth-order valence-electron chi connectivity index (χ4n) is 2.58. The summed E-state index contributed by atoms with van der Waals surface area (Å²) in [4.78, 5) is 19.9. The summed E-state index contributed by atoms with van der Waals surface area (Å²) in [5.74, 6) is 0.0580. The van der Waals surface area contributed by atoms with Crippen molar-refractivity contribution in [1.82, 2.24) is 14.8 Å². The molecule has 1 aliphatic heterocycles. The zero-order valence-electron chi connectivity index (χ0n) is 11.5. The number of β-amino-alcohol motifs (C(OH)–C–C–N with tert-alkyl or cyclic N) is 1. The Morgan fingerprint density at radius 2 is 2.37 bits per heavy atom. The van der Waals surface area contributed by atoms with Gasteiger partial charge in [0, 0.05) is 25.5 Å². The monoisotopic (exact) mass is 263 g/mol. The Labute approximate surface area is 113 Å². The van der Waals surface area contributed by atoms with Gasteiger partial charge < -0.3 is 14.9 Å². The van der Waals surface area contributed by atoms with Gasteiger partial charge in [0.05, 0.1) is 18.6 Å². The average molecular weight is 263 g/mol. The summed E-state index contributed by atoms with van der Waals surface area (Å²) < 4.78 is 0. The Balaban J connectivity index is 1.92. The van der Waals surface area contributed by atoms with Crippen molar-refractivity contribution >= 4 is 5.91 Å². The number of nitrogens with zero attached hydrogens (tertiary/aromatic N) is 3. The predicted octanol–water partition coefficient (Wildman–Crippen LogP) is 0.149. The lowest BCUT2D eigenvalue weighted by Gasteiger charge is -2.26. The van der Waals surface area contributed by atoms with Gasteiger partial charge in [0.25, 0.3) is 0 Å². The van der Waals surface area contributed by atoms with E-state index in [1.54, 1.807) is 17.3 Å². The molecule has 0 spiro atoms. The van der Waals surface area contributed by atoms with Crippen molar-refractivity contribution in [2.24, 2.45) is 0 Å². The Kier molecular flexibility index (Phi) is 4.17. The molecule has 1 atom stereocenters. The largest absolute Gasteiger partial charge is 0.387 e. The van der Waals surface area contributed by atoms with Crippen LogP contribution in [-0.4, -0.2) is 65.1 Å².